The Balaban J connectivity index is 2.90. The molecular formula is C11H10F3N. The third kappa shape index (κ3) is 1.32. The van der Waals surface area contributed by atoms with Gasteiger partial charge in [-0.2, -0.15) is 0 Å². The molecule has 0 radical (unpaired) electrons. The first-order valence-corrected chi connectivity index (χ1v) is 4.70. The second kappa shape index (κ2) is 3.29. The van der Waals surface area contributed by atoms with E-state index >= 15 is 0 Å². The van der Waals surface area contributed by atoms with Crippen molar-refractivity contribution < 1.29 is 13.2 Å². The molecule has 2 aromatic rings. The molecular weight excluding hydrogens is 203 g/mol. The van der Waals surface area contributed by atoms with Gasteiger partial charge in [0, 0.05) is 17.1 Å². The molecule has 1 heterocycles. The molecule has 0 amide bonds. The number of rotatable bonds is 1. The van der Waals surface area contributed by atoms with Gasteiger partial charge in [0.05, 0.1) is 5.52 Å². The molecule has 80 valence electrons. The maximum absolute atomic E-state index is 13.4. The third-order valence-electron chi connectivity index (χ3n) is 2.63. The van der Waals surface area contributed by atoms with E-state index in [4.69, 9.17) is 0 Å². The maximum atomic E-state index is 13.4. The number of halogens is 3. The summed E-state index contributed by atoms with van der Waals surface area (Å²) in [6.45, 7) is 3.58. The number of aromatic nitrogens is 1. The molecule has 0 aliphatic heterocycles. The molecule has 4 heteroatoms. The van der Waals surface area contributed by atoms with E-state index in [1.54, 1.807) is 6.92 Å². The first-order chi connectivity index (χ1) is 7.06. The molecule has 0 aliphatic rings. The number of aryl methyl sites for hydroxylation is 2. The van der Waals surface area contributed by atoms with Crippen LogP contribution in [-0.2, 0) is 6.42 Å². The molecule has 15 heavy (non-hydrogen) atoms. The maximum Gasteiger partial charge on any atom is 0.195 e. The summed E-state index contributed by atoms with van der Waals surface area (Å²) < 4.78 is 39.3. The molecule has 1 aromatic carbocycles. The van der Waals surface area contributed by atoms with Crippen molar-refractivity contribution in [2.45, 2.75) is 20.3 Å². The number of benzene rings is 1. The summed E-state index contributed by atoms with van der Waals surface area (Å²) >= 11 is 0. The smallest absolute Gasteiger partial charge is 0.195 e. The highest BCUT2D eigenvalue weighted by atomic mass is 19.2. The molecule has 0 spiro atoms. The highest BCUT2D eigenvalue weighted by Crippen LogP contribution is 2.27. The van der Waals surface area contributed by atoms with Crippen LogP contribution in [0.4, 0.5) is 13.2 Å². The number of H-pyrrole nitrogens is 1. The van der Waals surface area contributed by atoms with Gasteiger partial charge in [-0.25, -0.2) is 13.2 Å². The van der Waals surface area contributed by atoms with Gasteiger partial charge in [-0.1, -0.05) is 6.92 Å². The number of nitrogens with one attached hydrogen (secondary N) is 1. The molecule has 0 aliphatic carbocycles. The summed E-state index contributed by atoms with van der Waals surface area (Å²) in [7, 11) is 0. The van der Waals surface area contributed by atoms with Crippen LogP contribution in [0.15, 0.2) is 6.07 Å². The number of hydrogen-bond donors (Lipinski definition) is 1. The molecule has 0 atom stereocenters. The Morgan fingerprint density at radius 3 is 2.47 bits per heavy atom. The molecule has 2 rings (SSSR count). The lowest BCUT2D eigenvalue weighted by Crippen LogP contribution is -1.91. The van der Waals surface area contributed by atoms with Crippen LogP contribution in [0.3, 0.4) is 0 Å². The number of hydrogen-bond acceptors (Lipinski definition) is 0. The Morgan fingerprint density at radius 2 is 1.87 bits per heavy atom. The molecule has 0 bridgehead atoms. The first-order valence-electron chi connectivity index (χ1n) is 4.70. The standard InChI is InChI=1S/C11H10F3N/c1-3-7-5(2)9-8(15-7)4-6(12)10(13)11(9)14/h4,15H,3H2,1-2H3. The second-order valence-electron chi connectivity index (χ2n) is 3.49. The Bertz CT molecular complexity index is 528. The largest absolute Gasteiger partial charge is 0.358 e. The van der Waals surface area contributed by atoms with Crippen molar-refractivity contribution in [1.82, 2.24) is 4.98 Å². The summed E-state index contributed by atoms with van der Waals surface area (Å²) in [6.07, 6.45) is 0.670. The fourth-order valence-corrected chi connectivity index (χ4v) is 1.82. The monoisotopic (exact) mass is 213 g/mol. The van der Waals surface area contributed by atoms with Crippen LogP contribution in [0.25, 0.3) is 10.9 Å². The van der Waals surface area contributed by atoms with Gasteiger partial charge in [-0.05, 0) is 18.9 Å². The van der Waals surface area contributed by atoms with E-state index < -0.39 is 17.5 Å². The summed E-state index contributed by atoms with van der Waals surface area (Å²) in [6, 6.07) is 0.986. The van der Waals surface area contributed by atoms with Gasteiger partial charge < -0.3 is 4.98 Å². The van der Waals surface area contributed by atoms with Crippen LogP contribution in [0, 0.1) is 24.4 Å². The van der Waals surface area contributed by atoms with Gasteiger partial charge in [0.15, 0.2) is 17.5 Å². The summed E-state index contributed by atoms with van der Waals surface area (Å²) in [5, 5.41) is 0.144. The van der Waals surface area contributed by atoms with Crippen molar-refractivity contribution in [3.8, 4) is 0 Å². The van der Waals surface area contributed by atoms with Gasteiger partial charge in [-0.15, -0.1) is 0 Å². The van der Waals surface area contributed by atoms with Crippen molar-refractivity contribution in [3.05, 3.63) is 34.8 Å². The molecule has 1 nitrogen and oxygen atoms in total. The summed E-state index contributed by atoms with van der Waals surface area (Å²) in [5.74, 6) is -3.69. The fourth-order valence-electron chi connectivity index (χ4n) is 1.82. The van der Waals surface area contributed by atoms with Crippen LogP contribution in [-0.4, -0.2) is 4.98 Å². The van der Waals surface area contributed by atoms with Gasteiger partial charge in [-0.3, -0.25) is 0 Å². The van der Waals surface area contributed by atoms with Crippen molar-refractivity contribution >= 4 is 10.9 Å². The van der Waals surface area contributed by atoms with E-state index in [9.17, 15) is 13.2 Å². The second-order valence-corrected chi connectivity index (χ2v) is 3.49. The molecule has 0 fully saturated rings. The summed E-state index contributed by atoms with van der Waals surface area (Å²) in [5.41, 5.74) is 1.75. The van der Waals surface area contributed by atoms with E-state index in [1.807, 2.05) is 6.92 Å². The average molecular weight is 213 g/mol. The molecule has 0 saturated heterocycles. The zero-order valence-electron chi connectivity index (χ0n) is 8.42. The Labute approximate surface area is 84.9 Å². The summed E-state index contributed by atoms with van der Waals surface area (Å²) in [4.78, 5) is 2.88. The number of fused-ring (bicyclic) bond motifs is 1. The highest BCUT2D eigenvalue weighted by Gasteiger charge is 2.18. The fraction of sp³-hybridized carbons (Fsp3) is 0.273. The Morgan fingerprint density at radius 1 is 1.20 bits per heavy atom. The van der Waals surface area contributed by atoms with Gasteiger partial charge in [0.2, 0.25) is 0 Å². The van der Waals surface area contributed by atoms with Crippen LogP contribution in [0.5, 0.6) is 0 Å². The first kappa shape index (κ1) is 10.1. The topological polar surface area (TPSA) is 15.8 Å². The van der Waals surface area contributed by atoms with Crippen LogP contribution < -0.4 is 0 Å². The highest BCUT2D eigenvalue weighted by molar-refractivity contribution is 5.85. The van der Waals surface area contributed by atoms with Crippen LogP contribution in [0.2, 0.25) is 0 Å². The molecule has 0 saturated carbocycles. The van der Waals surface area contributed by atoms with Gasteiger partial charge in [0.25, 0.3) is 0 Å². The molecule has 1 aromatic heterocycles. The lowest BCUT2D eigenvalue weighted by molar-refractivity contribution is 0.453. The molecule has 1 N–H and O–H groups in total. The minimum absolute atomic E-state index is 0.144. The van der Waals surface area contributed by atoms with Crippen molar-refractivity contribution in [1.29, 1.82) is 0 Å². The lowest BCUT2D eigenvalue weighted by atomic mass is 10.1. The predicted molar refractivity (Wildman–Crippen MR) is 52.3 cm³/mol. The minimum Gasteiger partial charge on any atom is -0.358 e. The van der Waals surface area contributed by atoms with Crippen molar-refractivity contribution in [2.75, 3.05) is 0 Å². The van der Waals surface area contributed by atoms with E-state index in [0.29, 0.717) is 17.5 Å². The van der Waals surface area contributed by atoms with Gasteiger partial charge >= 0.3 is 0 Å². The Hall–Kier alpha value is -1.45. The zero-order valence-corrected chi connectivity index (χ0v) is 8.42. The third-order valence-corrected chi connectivity index (χ3v) is 2.63. The predicted octanol–water partition coefficient (Wildman–Crippen LogP) is 3.46. The zero-order chi connectivity index (χ0) is 11.2. The minimum atomic E-state index is -1.41. The van der Waals surface area contributed by atoms with E-state index in [0.717, 1.165) is 11.8 Å². The Kier molecular flexibility index (Phi) is 2.21. The molecule has 0 unspecified atom stereocenters. The SMILES string of the molecule is CCc1[nH]c2cc(F)c(F)c(F)c2c1C. The van der Waals surface area contributed by atoms with Gasteiger partial charge in [0.1, 0.15) is 0 Å². The van der Waals surface area contributed by atoms with Crippen LogP contribution in [0.1, 0.15) is 18.2 Å². The number of aromatic amines is 1. The van der Waals surface area contributed by atoms with E-state index in [2.05, 4.69) is 4.98 Å². The van der Waals surface area contributed by atoms with Crippen LogP contribution >= 0.6 is 0 Å². The lowest BCUT2D eigenvalue weighted by Gasteiger charge is -1.98. The quantitative estimate of drug-likeness (QED) is 0.698. The van der Waals surface area contributed by atoms with E-state index in [-0.39, 0.29) is 5.39 Å². The normalized spacial score (nSPS) is 11.3. The van der Waals surface area contributed by atoms with E-state index in [1.165, 1.54) is 0 Å². The van der Waals surface area contributed by atoms with Crippen molar-refractivity contribution in [2.24, 2.45) is 0 Å². The average Bonchev–Trinajstić information content (AvgIpc) is 2.52. The van der Waals surface area contributed by atoms with Crippen molar-refractivity contribution in [3.63, 3.8) is 0 Å².